The van der Waals surface area contributed by atoms with Gasteiger partial charge in [-0.1, -0.05) is 44.7 Å². The number of benzene rings is 1. The number of unbranched alkanes of at least 4 members (excludes halogenated alkanes) is 4. The van der Waals surface area contributed by atoms with E-state index in [1.165, 1.54) is 55.2 Å². The molecule has 0 aliphatic rings. The molecule has 0 heteroatoms. The van der Waals surface area contributed by atoms with E-state index in [-0.39, 0.29) is 0 Å². The average Bonchev–Trinajstić information content (AvgIpc) is 2.24. The summed E-state index contributed by atoms with van der Waals surface area (Å²) in [6.45, 7) is 6.66. The second kappa shape index (κ2) is 6.66. The Bertz CT molecular complexity index is 286. The summed E-state index contributed by atoms with van der Waals surface area (Å²) in [6, 6.07) is 7.58. The molecule has 0 aliphatic carbocycles. The molecular weight excluding hydrogens is 180 g/mol. The van der Waals surface area contributed by atoms with Crippen LogP contribution in [0.1, 0.15) is 55.7 Å². The molecule has 1 aromatic rings. The topological polar surface area (TPSA) is 0 Å². The maximum Gasteiger partial charge on any atom is -0.0146 e. The molecule has 0 N–H and O–H groups in total. The van der Waals surface area contributed by atoms with E-state index >= 15 is 0 Å². The highest BCUT2D eigenvalue weighted by atomic mass is 14.1. The Labute approximate surface area is 94.7 Å². The van der Waals surface area contributed by atoms with Crippen molar-refractivity contribution in [2.45, 2.75) is 59.3 Å². The van der Waals surface area contributed by atoms with Gasteiger partial charge in [0.05, 0.1) is 0 Å². The first-order valence-electron chi connectivity index (χ1n) is 6.22. The lowest BCUT2D eigenvalue weighted by molar-refractivity contribution is 0.631. The van der Waals surface area contributed by atoms with Crippen molar-refractivity contribution in [3.8, 4) is 0 Å². The Hall–Kier alpha value is -0.780. The zero-order chi connectivity index (χ0) is 11.1. The number of rotatable bonds is 6. The molecule has 1 rings (SSSR count). The van der Waals surface area contributed by atoms with Crippen molar-refractivity contribution in [3.05, 3.63) is 34.9 Å². The first-order chi connectivity index (χ1) is 7.25. The predicted octanol–water partition coefficient (Wildman–Crippen LogP) is 4.62. The van der Waals surface area contributed by atoms with Gasteiger partial charge >= 0.3 is 0 Å². The van der Waals surface area contributed by atoms with Gasteiger partial charge in [0.25, 0.3) is 0 Å². The lowest BCUT2D eigenvalue weighted by Gasteiger charge is -2.07. The van der Waals surface area contributed by atoms with Crippen LogP contribution in [0.2, 0.25) is 0 Å². The molecule has 0 atom stereocenters. The van der Waals surface area contributed by atoms with Gasteiger partial charge in [-0.15, -0.1) is 0 Å². The minimum absolute atomic E-state index is 1.21. The zero-order valence-corrected chi connectivity index (χ0v) is 10.4. The Morgan fingerprint density at radius 2 is 1.80 bits per heavy atom. The van der Waals surface area contributed by atoms with Crippen molar-refractivity contribution in [1.29, 1.82) is 0 Å². The third-order valence-corrected chi connectivity index (χ3v) is 3.17. The van der Waals surface area contributed by atoms with Gasteiger partial charge in [0.2, 0.25) is 0 Å². The number of hydrogen-bond donors (Lipinski definition) is 0. The van der Waals surface area contributed by atoms with Gasteiger partial charge in [-0.2, -0.15) is 0 Å². The van der Waals surface area contributed by atoms with Crippen molar-refractivity contribution < 1.29 is 0 Å². The van der Waals surface area contributed by atoms with Gasteiger partial charge in [-0.3, -0.25) is 0 Å². The molecule has 0 bridgehead atoms. The fraction of sp³-hybridized carbons (Fsp3) is 0.600. The fourth-order valence-electron chi connectivity index (χ4n) is 1.90. The lowest BCUT2D eigenvalue weighted by Crippen LogP contribution is -1.92. The maximum atomic E-state index is 3.37. The molecule has 0 aromatic heterocycles. The second-order valence-electron chi connectivity index (χ2n) is 4.43. The van der Waals surface area contributed by atoms with E-state index in [0.717, 1.165) is 0 Å². The Morgan fingerprint density at radius 1 is 1.07 bits per heavy atom. The van der Waals surface area contributed by atoms with Crippen molar-refractivity contribution in [3.63, 3.8) is 0 Å². The molecule has 0 amide bonds. The first kappa shape index (κ1) is 12.3. The predicted molar refractivity (Wildman–Crippen MR) is 67.2 cm³/mol. The molecule has 0 saturated carbocycles. The molecule has 0 unspecified atom stereocenters. The molecule has 1 radical (unpaired) electrons. The van der Waals surface area contributed by atoms with Crippen LogP contribution < -0.4 is 0 Å². The lowest BCUT2D eigenvalue weighted by atomic mass is 9.98. The molecule has 0 saturated heterocycles. The van der Waals surface area contributed by atoms with E-state index in [1.807, 2.05) is 0 Å². The third-order valence-electron chi connectivity index (χ3n) is 3.17. The van der Waals surface area contributed by atoms with Crippen molar-refractivity contribution in [2.75, 3.05) is 0 Å². The normalized spacial score (nSPS) is 10.6. The summed E-state index contributed by atoms with van der Waals surface area (Å²) < 4.78 is 0. The van der Waals surface area contributed by atoms with Crippen LogP contribution in [-0.4, -0.2) is 0 Å². The Kier molecular flexibility index (Phi) is 5.45. The minimum atomic E-state index is 1.21. The van der Waals surface area contributed by atoms with Crippen molar-refractivity contribution in [1.82, 2.24) is 0 Å². The Morgan fingerprint density at radius 3 is 2.53 bits per heavy atom. The highest BCUT2D eigenvalue weighted by molar-refractivity contribution is 5.32. The van der Waals surface area contributed by atoms with Crippen LogP contribution in [0.5, 0.6) is 0 Å². The number of aryl methyl sites for hydroxylation is 2. The largest absolute Gasteiger partial charge is 0.0654 e. The zero-order valence-electron chi connectivity index (χ0n) is 10.4. The second-order valence-corrected chi connectivity index (χ2v) is 4.43. The van der Waals surface area contributed by atoms with E-state index < -0.39 is 0 Å². The summed E-state index contributed by atoms with van der Waals surface area (Å²) in [6.07, 6.45) is 8.00. The summed E-state index contributed by atoms with van der Waals surface area (Å²) in [5.41, 5.74) is 4.26. The fourth-order valence-corrected chi connectivity index (χ4v) is 1.90. The molecule has 0 aliphatic heterocycles. The van der Waals surface area contributed by atoms with Crippen LogP contribution >= 0.6 is 0 Å². The smallest absolute Gasteiger partial charge is 0.0146 e. The van der Waals surface area contributed by atoms with Crippen LogP contribution in [0.25, 0.3) is 0 Å². The molecular formula is C15H23. The van der Waals surface area contributed by atoms with Crippen LogP contribution in [0.4, 0.5) is 0 Å². The summed E-state index contributed by atoms with van der Waals surface area (Å²) in [7, 11) is 0. The van der Waals surface area contributed by atoms with Gasteiger partial charge in [0, 0.05) is 0 Å². The highest BCUT2D eigenvalue weighted by Gasteiger charge is 2.00. The average molecular weight is 203 g/mol. The SMILES string of the molecule is CCCCCCCc1[c]ccc(C)c1C. The molecule has 15 heavy (non-hydrogen) atoms. The molecule has 0 spiro atoms. The summed E-state index contributed by atoms with van der Waals surface area (Å²) in [5.74, 6) is 0. The van der Waals surface area contributed by atoms with E-state index in [9.17, 15) is 0 Å². The molecule has 1 aromatic carbocycles. The quantitative estimate of drug-likeness (QED) is 0.592. The van der Waals surface area contributed by atoms with Gasteiger partial charge in [-0.25, -0.2) is 0 Å². The van der Waals surface area contributed by atoms with Gasteiger partial charge in [0.15, 0.2) is 0 Å². The monoisotopic (exact) mass is 203 g/mol. The van der Waals surface area contributed by atoms with Gasteiger partial charge in [-0.05, 0) is 49.4 Å². The first-order valence-corrected chi connectivity index (χ1v) is 6.22. The highest BCUT2D eigenvalue weighted by Crippen LogP contribution is 2.15. The summed E-state index contributed by atoms with van der Waals surface area (Å²) >= 11 is 0. The number of hydrogen-bond acceptors (Lipinski definition) is 0. The standard InChI is InChI=1S/C15H23/c1-4-5-6-7-8-11-15-12-9-10-13(2)14(15)3/h9-10H,4-8,11H2,1-3H3. The molecule has 0 heterocycles. The Balaban J connectivity index is 2.34. The molecule has 83 valence electrons. The van der Waals surface area contributed by atoms with E-state index in [0.29, 0.717) is 0 Å². The van der Waals surface area contributed by atoms with Crippen LogP contribution in [0.15, 0.2) is 12.1 Å². The van der Waals surface area contributed by atoms with E-state index in [4.69, 9.17) is 0 Å². The van der Waals surface area contributed by atoms with Gasteiger partial charge in [0.1, 0.15) is 0 Å². The maximum absolute atomic E-state index is 3.37. The van der Waals surface area contributed by atoms with Crippen molar-refractivity contribution in [2.24, 2.45) is 0 Å². The minimum Gasteiger partial charge on any atom is -0.0654 e. The molecule has 0 fully saturated rings. The summed E-state index contributed by atoms with van der Waals surface area (Å²) in [4.78, 5) is 0. The van der Waals surface area contributed by atoms with Crippen LogP contribution in [-0.2, 0) is 6.42 Å². The van der Waals surface area contributed by atoms with Crippen LogP contribution in [0, 0.1) is 19.9 Å². The van der Waals surface area contributed by atoms with Crippen LogP contribution in [0.3, 0.4) is 0 Å². The van der Waals surface area contributed by atoms with Gasteiger partial charge < -0.3 is 0 Å². The molecule has 0 nitrogen and oxygen atoms in total. The van der Waals surface area contributed by atoms with E-state index in [1.54, 1.807) is 0 Å². The third kappa shape index (κ3) is 4.07. The van der Waals surface area contributed by atoms with Crippen molar-refractivity contribution >= 4 is 0 Å². The summed E-state index contributed by atoms with van der Waals surface area (Å²) in [5, 5.41) is 0. The van der Waals surface area contributed by atoms with E-state index in [2.05, 4.69) is 39.0 Å².